The molecule has 0 radical (unpaired) electrons. The number of esters is 1. The van der Waals surface area contributed by atoms with Gasteiger partial charge in [-0.1, -0.05) is 12.1 Å². The summed E-state index contributed by atoms with van der Waals surface area (Å²) < 4.78 is 24.9. The summed E-state index contributed by atoms with van der Waals surface area (Å²) in [5.74, 6) is -0.733. The van der Waals surface area contributed by atoms with Crippen LogP contribution in [0.3, 0.4) is 0 Å². The van der Waals surface area contributed by atoms with Gasteiger partial charge in [0.1, 0.15) is 11.7 Å². The Balaban J connectivity index is 0.000000268. The van der Waals surface area contributed by atoms with Gasteiger partial charge in [0, 0.05) is 101 Å². The number of nitrogens with two attached hydrogens (primary N) is 2. The second-order valence-electron chi connectivity index (χ2n) is 15.3. The second kappa shape index (κ2) is 25.6. The third kappa shape index (κ3) is 15.3. The molecule has 1 aliphatic heterocycles. The fraction of sp³-hybridized carbons (Fsp3) is 0.370. The molecule has 0 bridgehead atoms. The van der Waals surface area contributed by atoms with Gasteiger partial charge in [0.2, 0.25) is 11.9 Å². The fourth-order valence-corrected chi connectivity index (χ4v) is 6.95. The van der Waals surface area contributed by atoms with Crippen molar-refractivity contribution < 1.29 is 33.7 Å². The van der Waals surface area contributed by atoms with Crippen LogP contribution < -0.4 is 22.1 Å². The Morgan fingerprint density at radius 1 is 0.862 bits per heavy atom. The molecular formula is C46H59FN12O6. The number of ether oxygens (including phenoxy) is 2. The number of carbonyl (C=O) groups excluding carboxylic acids is 2. The van der Waals surface area contributed by atoms with E-state index in [9.17, 15) is 9.59 Å². The van der Waals surface area contributed by atoms with E-state index in [4.69, 9.17) is 26.4 Å². The number of hydrogen-bond acceptors (Lipinski definition) is 16. The summed E-state index contributed by atoms with van der Waals surface area (Å²) in [4.78, 5) is 52.4. The van der Waals surface area contributed by atoms with E-state index in [-0.39, 0.29) is 43.3 Å². The normalized spacial score (nSPS) is 13.2. The summed E-state index contributed by atoms with van der Waals surface area (Å²) >= 11 is 0. The number of likely N-dealkylation sites (N-methyl/N-ethyl adjacent to an activating group) is 1. The molecule has 6 aromatic rings. The number of piperazine rings is 1. The minimum absolute atomic E-state index is 0.0993. The van der Waals surface area contributed by atoms with Crippen molar-refractivity contribution in [3.05, 3.63) is 108 Å². The first-order chi connectivity index (χ1) is 31.5. The van der Waals surface area contributed by atoms with E-state index in [0.717, 1.165) is 61.9 Å². The number of aromatic amines is 1. The Labute approximate surface area is 377 Å². The highest BCUT2D eigenvalue weighted by Crippen LogP contribution is 2.33. The molecule has 1 fully saturated rings. The molecule has 1 saturated heterocycles. The molecule has 6 heterocycles. The van der Waals surface area contributed by atoms with Gasteiger partial charge in [-0.2, -0.15) is 0 Å². The number of hydrogen-bond donors (Lipinski definition) is 7. The van der Waals surface area contributed by atoms with Gasteiger partial charge >= 0.3 is 5.97 Å². The number of H-pyrrole nitrogens is 1. The van der Waals surface area contributed by atoms with Crippen molar-refractivity contribution in [3.8, 4) is 11.3 Å². The van der Waals surface area contributed by atoms with Crippen molar-refractivity contribution in [1.82, 2.24) is 39.7 Å². The number of benzene rings is 1. The van der Waals surface area contributed by atoms with Crippen LogP contribution in [0.25, 0.3) is 22.2 Å². The Morgan fingerprint density at radius 3 is 2.11 bits per heavy atom. The first kappa shape index (κ1) is 49.4. The van der Waals surface area contributed by atoms with E-state index in [1.54, 1.807) is 56.6 Å². The Bertz CT molecular complexity index is 2430. The van der Waals surface area contributed by atoms with Gasteiger partial charge in [0.15, 0.2) is 5.82 Å². The molecule has 0 saturated carbocycles. The standard InChI is InChI=1S/C29H35FN8O3.C9H12N2O2.C8H12N2O/c1-37-8-10-38(11-9-37)25(18-41-2)28(40)35-24-7-3-6-21-22(16-32-27(21)24)26-23(30)17-33-29(36-26)34-20-13-19(5-4-12-39)14-31-15-20;1-13-9(12)3-2-7-4-8(10)6-11-5-7;9-8-4-7(2-1-3-11)5-10-6-8/h3,6-7,13-17,25,32,39H,4-5,8-12,18H2,1-2H3,(H,35,40)(H,33,34,36);4-6H,2-3,10H2,1H3;4-6,11H,1-3,9H2/t25-;;/m1../s1. The number of anilines is 5. The third-order valence-electron chi connectivity index (χ3n) is 10.4. The van der Waals surface area contributed by atoms with Gasteiger partial charge in [-0.3, -0.25) is 29.4 Å². The molecule has 1 amide bonds. The van der Waals surface area contributed by atoms with Gasteiger partial charge in [0.05, 0.1) is 54.4 Å². The lowest BCUT2D eigenvalue weighted by molar-refractivity contribution is -0.140. The van der Waals surface area contributed by atoms with Crippen LogP contribution >= 0.6 is 0 Å². The summed E-state index contributed by atoms with van der Waals surface area (Å²) in [6, 6.07) is 10.6. The van der Waals surface area contributed by atoms with E-state index < -0.39 is 11.9 Å². The number of pyridine rings is 3. The number of carbonyl (C=O) groups is 2. The lowest BCUT2D eigenvalue weighted by atomic mass is 10.1. The molecule has 65 heavy (non-hydrogen) atoms. The zero-order valence-electron chi connectivity index (χ0n) is 37.0. The third-order valence-corrected chi connectivity index (χ3v) is 10.4. The van der Waals surface area contributed by atoms with Gasteiger partial charge in [-0.15, -0.1) is 0 Å². The van der Waals surface area contributed by atoms with Crippen molar-refractivity contribution in [2.45, 2.75) is 44.6 Å². The van der Waals surface area contributed by atoms with Gasteiger partial charge < -0.3 is 51.7 Å². The number of amides is 1. The quantitative estimate of drug-likeness (QED) is 0.0627. The first-order valence-corrected chi connectivity index (χ1v) is 21.3. The number of nitrogens with zero attached hydrogens (tertiary/aromatic N) is 7. The Hall–Kier alpha value is -6.64. The lowest BCUT2D eigenvalue weighted by Gasteiger charge is -2.36. The van der Waals surface area contributed by atoms with Crippen LogP contribution in [-0.2, 0) is 38.3 Å². The molecule has 0 spiro atoms. The average molecular weight is 895 g/mol. The van der Waals surface area contributed by atoms with Crippen LogP contribution in [0, 0.1) is 5.82 Å². The number of aromatic nitrogens is 6. The SMILES string of the molecule is COC(=O)CCc1cncc(N)c1.COC[C@H](C(=O)Nc1cccc2c(-c3nc(Nc4cncc(CCCO)c4)ncc3F)c[nH]c12)N1CCN(C)CC1.Nc1cncc(CCCO)c1. The number of nitrogens with one attached hydrogen (secondary N) is 3. The molecule has 18 nitrogen and oxygen atoms in total. The lowest BCUT2D eigenvalue weighted by Crippen LogP contribution is -2.54. The van der Waals surface area contributed by atoms with Gasteiger partial charge in [-0.25, -0.2) is 14.4 Å². The maximum Gasteiger partial charge on any atom is 0.305 e. The number of halogens is 1. The zero-order valence-corrected chi connectivity index (χ0v) is 37.0. The van der Waals surface area contributed by atoms with E-state index in [1.165, 1.54) is 7.11 Å². The minimum Gasteiger partial charge on any atom is -0.469 e. The smallest absolute Gasteiger partial charge is 0.305 e. The van der Waals surface area contributed by atoms with Crippen molar-refractivity contribution in [2.24, 2.45) is 0 Å². The van der Waals surface area contributed by atoms with Crippen LogP contribution in [0.4, 0.5) is 33.1 Å². The highest BCUT2D eigenvalue weighted by Gasteiger charge is 2.29. The number of methoxy groups -OCH3 is 2. The molecule has 0 unspecified atom stereocenters. The van der Waals surface area contributed by atoms with Crippen molar-refractivity contribution in [1.29, 1.82) is 0 Å². The zero-order chi connectivity index (χ0) is 46.6. The molecule has 1 aliphatic rings. The molecular weight excluding hydrogens is 836 g/mol. The molecule has 346 valence electrons. The number of fused-ring (bicyclic) bond motifs is 1. The Kier molecular flexibility index (Phi) is 19.4. The highest BCUT2D eigenvalue weighted by atomic mass is 19.1. The maximum absolute atomic E-state index is 15.0. The summed E-state index contributed by atoms with van der Waals surface area (Å²) in [6.07, 6.45) is 16.7. The summed E-state index contributed by atoms with van der Waals surface area (Å²) in [6.45, 7) is 3.93. The van der Waals surface area contributed by atoms with Gasteiger partial charge in [0.25, 0.3) is 0 Å². The number of rotatable bonds is 17. The van der Waals surface area contributed by atoms with Crippen LogP contribution in [0.15, 0.2) is 86.0 Å². The number of para-hydroxylation sites is 1. The Morgan fingerprint density at radius 2 is 1.49 bits per heavy atom. The largest absolute Gasteiger partial charge is 0.469 e. The van der Waals surface area contributed by atoms with Crippen LogP contribution in [0.1, 0.15) is 36.0 Å². The van der Waals surface area contributed by atoms with E-state index in [0.29, 0.717) is 64.9 Å². The number of aliphatic hydroxyl groups excluding tert-OH is 2. The van der Waals surface area contributed by atoms with Crippen LogP contribution in [0.2, 0.25) is 0 Å². The second-order valence-corrected chi connectivity index (χ2v) is 15.3. The van der Waals surface area contributed by atoms with Crippen molar-refractivity contribution in [2.75, 3.05) is 89.4 Å². The summed E-state index contributed by atoms with van der Waals surface area (Å²) in [7, 11) is 5.04. The summed E-state index contributed by atoms with van der Waals surface area (Å²) in [5, 5.41) is 24.5. The molecule has 19 heteroatoms. The number of nitrogen functional groups attached to an aromatic ring is 2. The van der Waals surface area contributed by atoms with Crippen molar-refractivity contribution in [3.63, 3.8) is 0 Å². The maximum atomic E-state index is 15.0. The van der Waals surface area contributed by atoms with Gasteiger partial charge in [-0.05, 0) is 80.1 Å². The monoisotopic (exact) mass is 894 g/mol. The number of aryl methyl sites for hydroxylation is 3. The van der Waals surface area contributed by atoms with E-state index in [1.807, 2.05) is 30.3 Å². The molecule has 0 aliphatic carbocycles. The molecule has 7 rings (SSSR count). The average Bonchev–Trinajstić information content (AvgIpc) is 3.75. The van der Waals surface area contributed by atoms with Crippen molar-refractivity contribution >= 4 is 51.5 Å². The van der Waals surface area contributed by atoms with E-state index in [2.05, 4.69) is 62.1 Å². The van der Waals surface area contributed by atoms with E-state index >= 15 is 4.39 Å². The predicted octanol–water partition coefficient (Wildman–Crippen LogP) is 4.39. The molecule has 1 aromatic carbocycles. The van der Waals surface area contributed by atoms with Crippen LogP contribution in [0.5, 0.6) is 0 Å². The topological polar surface area (TPSA) is 256 Å². The minimum atomic E-state index is -0.573. The predicted molar refractivity (Wildman–Crippen MR) is 249 cm³/mol. The summed E-state index contributed by atoms with van der Waals surface area (Å²) in [5.41, 5.74) is 17.9. The molecule has 9 N–H and O–H groups in total. The molecule has 5 aromatic heterocycles. The first-order valence-electron chi connectivity index (χ1n) is 21.3. The number of aliphatic hydroxyl groups is 2. The molecule has 1 atom stereocenters. The highest BCUT2D eigenvalue weighted by molar-refractivity contribution is 6.06. The van der Waals surface area contributed by atoms with Crippen LogP contribution in [-0.4, -0.2) is 135 Å². The fourth-order valence-electron chi connectivity index (χ4n) is 6.95.